The van der Waals surface area contributed by atoms with Crippen LogP contribution in [0.5, 0.6) is 0 Å². The molecule has 3 N–H and O–H groups in total. The highest BCUT2D eigenvalue weighted by Crippen LogP contribution is 2.33. The van der Waals surface area contributed by atoms with Crippen molar-refractivity contribution in [1.82, 2.24) is 9.27 Å². The normalized spacial score (nSPS) is 20.0. The second kappa shape index (κ2) is 6.93. The van der Waals surface area contributed by atoms with Gasteiger partial charge in [0.2, 0.25) is 0 Å². The average Bonchev–Trinajstić information content (AvgIpc) is 3.02. The lowest BCUT2D eigenvalue weighted by atomic mass is 10.1. The van der Waals surface area contributed by atoms with E-state index in [-0.39, 0.29) is 16.5 Å². The number of sulfone groups is 1. The summed E-state index contributed by atoms with van der Waals surface area (Å²) in [6, 6.07) is 0. The third kappa shape index (κ3) is 3.87. The zero-order chi connectivity index (χ0) is 15.5. The van der Waals surface area contributed by atoms with Gasteiger partial charge in [0.15, 0.2) is 15.7 Å². The zero-order valence-corrected chi connectivity index (χ0v) is 14.3. The molecule has 0 bridgehead atoms. The Morgan fingerprint density at radius 2 is 2.24 bits per heavy atom. The lowest BCUT2D eigenvalue weighted by Gasteiger charge is -2.14. The first-order chi connectivity index (χ1) is 9.97. The largest absolute Gasteiger partial charge is 0.382 e. The summed E-state index contributed by atoms with van der Waals surface area (Å²) in [6.45, 7) is 8.03. The molecular formula is C13H24N4O2S2. The molecule has 120 valence electrons. The fourth-order valence-corrected chi connectivity index (χ4v) is 5.31. The molecular weight excluding hydrogens is 308 g/mol. The third-order valence-electron chi connectivity index (χ3n) is 3.83. The average molecular weight is 332 g/mol. The van der Waals surface area contributed by atoms with Crippen molar-refractivity contribution in [2.24, 2.45) is 5.92 Å². The number of rotatable bonds is 7. The van der Waals surface area contributed by atoms with Crippen molar-refractivity contribution in [1.29, 1.82) is 0 Å². The summed E-state index contributed by atoms with van der Waals surface area (Å²) < 4.78 is 28.5. The molecule has 1 unspecified atom stereocenters. The fourth-order valence-electron chi connectivity index (χ4n) is 2.68. The Bertz CT molecular complexity index is 571. The van der Waals surface area contributed by atoms with Crippen LogP contribution < -0.4 is 11.1 Å². The summed E-state index contributed by atoms with van der Waals surface area (Å²) in [4.78, 5) is 2.60. The molecule has 1 aliphatic heterocycles. The van der Waals surface area contributed by atoms with Crippen molar-refractivity contribution < 1.29 is 8.42 Å². The van der Waals surface area contributed by atoms with E-state index in [1.54, 1.807) is 0 Å². The lowest BCUT2D eigenvalue weighted by molar-refractivity contribution is 0.345. The van der Waals surface area contributed by atoms with E-state index in [1.165, 1.54) is 0 Å². The van der Waals surface area contributed by atoms with Gasteiger partial charge in [-0.2, -0.15) is 4.37 Å². The molecule has 0 aliphatic carbocycles. The molecule has 1 saturated heterocycles. The van der Waals surface area contributed by atoms with E-state index in [0.29, 0.717) is 17.3 Å². The van der Waals surface area contributed by atoms with Crippen LogP contribution in [-0.2, 0) is 9.84 Å². The van der Waals surface area contributed by atoms with E-state index in [4.69, 9.17) is 5.73 Å². The van der Waals surface area contributed by atoms with E-state index in [2.05, 4.69) is 21.5 Å². The minimum atomic E-state index is -3.34. The summed E-state index contributed by atoms with van der Waals surface area (Å²) in [5.41, 5.74) is 5.76. The van der Waals surface area contributed by atoms with Gasteiger partial charge in [-0.25, -0.2) is 8.42 Å². The molecule has 1 aromatic rings. The van der Waals surface area contributed by atoms with E-state index in [9.17, 15) is 8.42 Å². The maximum atomic E-state index is 12.3. The van der Waals surface area contributed by atoms with Gasteiger partial charge in [0, 0.05) is 13.1 Å². The van der Waals surface area contributed by atoms with E-state index >= 15 is 0 Å². The predicted molar refractivity (Wildman–Crippen MR) is 87.6 cm³/mol. The van der Waals surface area contributed by atoms with Crippen LogP contribution in [0.3, 0.4) is 0 Å². The Labute approximate surface area is 130 Å². The summed E-state index contributed by atoms with van der Waals surface area (Å²) in [7, 11) is -3.34. The van der Waals surface area contributed by atoms with E-state index in [1.807, 2.05) is 6.92 Å². The molecule has 8 heteroatoms. The first-order valence-electron chi connectivity index (χ1n) is 7.42. The van der Waals surface area contributed by atoms with Gasteiger partial charge < -0.3 is 16.0 Å². The van der Waals surface area contributed by atoms with E-state index in [0.717, 1.165) is 44.1 Å². The molecule has 0 spiro atoms. The van der Waals surface area contributed by atoms with Gasteiger partial charge >= 0.3 is 0 Å². The van der Waals surface area contributed by atoms with Crippen LogP contribution >= 0.6 is 11.5 Å². The number of nitrogens with zero attached hydrogens (tertiary/aromatic N) is 2. The summed E-state index contributed by atoms with van der Waals surface area (Å²) >= 11 is 1.14. The third-order valence-corrected chi connectivity index (χ3v) is 6.76. The number of anilines is 2. The Morgan fingerprint density at radius 1 is 1.48 bits per heavy atom. The monoisotopic (exact) mass is 332 g/mol. The number of hydrogen-bond acceptors (Lipinski definition) is 7. The van der Waals surface area contributed by atoms with Crippen LogP contribution in [-0.4, -0.2) is 49.6 Å². The first kappa shape index (κ1) is 16.5. The predicted octanol–water partition coefficient (Wildman–Crippen LogP) is 1.66. The number of nitrogen functional groups attached to an aromatic ring is 1. The standard InChI is InChI=1S/C13H24N4O2S2/c1-3-7-21(18,19)11-12(14)16-20-13(11)15-8-10-5-6-17(4-2)9-10/h10,15H,3-9H2,1-2H3,(H2,14,16). The number of hydrogen-bond donors (Lipinski definition) is 2. The lowest BCUT2D eigenvalue weighted by Crippen LogP contribution is -2.22. The minimum absolute atomic E-state index is 0.108. The highest BCUT2D eigenvalue weighted by Gasteiger charge is 2.26. The van der Waals surface area contributed by atoms with Gasteiger partial charge in [-0.05, 0) is 43.4 Å². The molecule has 1 atom stereocenters. The Morgan fingerprint density at radius 3 is 2.86 bits per heavy atom. The molecule has 0 radical (unpaired) electrons. The van der Waals surface area contributed by atoms with Gasteiger partial charge in [0.05, 0.1) is 5.75 Å². The first-order valence-corrected chi connectivity index (χ1v) is 9.84. The smallest absolute Gasteiger partial charge is 0.185 e. The summed E-state index contributed by atoms with van der Waals surface area (Å²) in [6.07, 6.45) is 1.72. The molecule has 0 amide bonds. The van der Waals surface area contributed by atoms with Gasteiger partial charge in [-0.1, -0.05) is 13.8 Å². The van der Waals surface area contributed by atoms with Gasteiger partial charge in [0.25, 0.3) is 0 Å². The molecule has 2 rings (SSSR count). The van der Waals surface area contributed by atoms with Crippen molar-refractivity contribution in [2.75, 3.05) is 43.0 Å². The molecule has 2 heterocycles. The minimum Gasteiger partial charge on any atom is -0.382 e. The summed E-state index contributed by atoms with van der Waals surface area (Å²) in [5, 5.41) is 3.85. The fraction of sp³-hybridized carbons (Fsp3) is 0.769. The van der Waals surface area contributed by atoms with Crippen molar-refractivity contribution in [3.05, 3.63) is 0 Å². The van der Waals surface area contributed by atoms with Crippen LogP contribution in [0.15, 0.2) is 4.90 Å². The van der Waals surface area contributed by atoms with E-state index < -0.39 is 9.84 Å². The molecule has 0 saturated carbocycles. The second-order valence-corrected chi connectivity index (χ2v) is 8.29. The molecule has 1 aromatic heterocycles. The highest BCUT2D eigenvalue weighted by atomic mass is 32.2. The van der Waals surface area contributed by atoms with Crippen molar-refractivity contribution in [3.63, 3.8) is 0 Å². The summed E-state index contributed by atoms with van der Waals surface area (Å²) in [5.74, 6) is 0.782. The van der Waals surface area contributed by atoms with Gasteiger partial charge in [0.1, 0.15) is 9.90 Å². The van der Waals surface area contributed by atoms with Gasteiger partial charge in [-0.15, -0.1) is 0 Å². The van der Waals surface area contributed by atoms with Crippen LogP contribution in [0.4, 0.5) is 10.8 Å². The van der Waals surface area contributed by atoms with Crippen LogP contribution in [0.2, 0.25) is 0 Å². The molecule has 1 fully saturated rings. The molecule has 21 heavy (non-hydrogen) atoms. The number of nitrogens with one attached hydrogen (secondary N) is 1. The Kier molecular flexibility index (Phi) is 5.45. The maximum absolute atomic E-state index is 12.3. The highest BCUT2D eigenvalue weighted by molar-refractivity contribution is 7.91. The Hall–Kier alpha value is -0.860. The van der Waals surface area contributed by atoms with Crippen molar-refractivity contribution in [3.8, 4) is 0 Å². The van der Waals surface area contributed by atoms with Crippen LogP contribution in [0.1, 0.15) is 26.7 Å². The molecule has 6 nitrogen and oxygen atoms in total. The second-order valence-electron chi connectivity index (χ2n) is 5.47. The quantitative estimate of drug-likeness (QED) is 0.789. The van der Waals surface area contributed by atoms with Crippen LogP contribution in [0.25, 0.3) is 0 Å². The molecule has 0 aromatic carbocycles. The number of likely N-dealkylation sites (tertiary alicyclic amines) is 1. The zero-order valence-electron chi connectivity index (χ0n) is 12.6. The van der Waals surface area contributed by atoms with Crippen LogP contribution in [0, 0.1) is 5.92 Å². The van der Waals surface area contributed by atoms with Crippen molar-refractivity contribution in [2.45, 2.75) is 31.6 Å². The Balaban J connectivity index is 2.05. The van der Waals surface area contributed by atoms with Gasteiger partial charge in [-0.3, -0.25) is 0 Å². The SMILES string of the molecule is CCCS(=O)(=O)c1c(N)nsc1NCC1CCN(CC)C1. The number of nitrogens with two attached hydrogens (primary N) is 1. The topological polar surface area (TPSA) is 88.3 Å². The number of aromatic nitrogens is 1. The molecule has 1 aliphatic rings. The maximum Gasteiger partial charge on any atom is 0.185 e. The van der Waals surface area contributed by atoms with Crippen molar-refractivity contribution >= 4 is 32.2 Å².